The second-order valence-electron chi connectivity index (χ2n) is 2.90. The molecule has 0 heterocycles. The van der Waals surface area contributed by atoms with E-state index in [1.807, 2.05) is 0 Å². The first-order valence-corrected chi connectivity index (χ1v) is 4.44. The van der Waals surface area contributed by atoms with Crippen LogP contribution in [0.25, 0.3) is 6.08 Å². The Labute approximate surface area is 88.0 Å². The number of aliphatic hydroxyl groups excluding tert-OH is 1. The third-order valence-corrected chi connectivity index (χ3v) is 1.93. The average Bonchev–Trinajstić information content (AvgIpc) is 2.26. The molecule has 0 fully saturated rings. The third kappa shape index (κ3) is 2.82. The molecule has 0 aromatic heterocycles. The molecule has 1 rings (SSSR count). The summed E-state index contributed by atoms with van der Waals surface area (Å²) in [6, 6.07) is 5.01. The van der Waals surface area contributed by atoms with Gasteiger partial charge in [-0.2, -0.15) is 0 Å². The number of amides is 1. The maximum Gasteiger partial charge on any atom is 0.249 e. The lowest BCUT2D eigenvalue weighted by atomic mass is 10.1. The molecular weight excluding hydrogens is 194 g/mol. The van der Waals surface area contributed by atoms with Gasteiger partial charge in [0.15, 0.2) is 0 Å². The van der Waals surface area contributed by atoms with E-state index in [1.165, 1.54) is 13.2 Å². The van der Waals surface area contributed by atoms with E-state index in [1.54, 1.807) is 24.3 Å². The molecule has 0 radical (unpaired) electrons. The van der Waals surface area contributed by atoms with E-state index in [0.717, 1.165) is 0 Å². The Kier molecular flexibility index (Phi) is 3.88. The van der Waals surface area contributed by atoms with Crippen LogP contribution in [0.5, 0.6) is 5.75 Å². The fourth-order valence-corrected chi connectivity index (χ4v) is 1.20. The Balaban J connectivity index is 3.15. The average molecular weight is 207 g/mol. The van der Waals surface area contributed by atoms with Crippen molar-refractivity contribution >= 4 is 12.0 Å². The standard InChI is InChI=1S/C11H13NO3/c1-15-9-5-4-8(3-2-6-13)10(7-9)11(12)14/h2-5,7,13H,6H2,1H3,(H2,12,14). The van der Waals surface area contributed by atoms with Crippen LogP contribution in [-0.4, -0.2) is 24.7 Å². The van der Waals surface area contributed by atoms with Gasteiger partial charge in [-0.05, 0) is 17.7 Å². The van der Waals surface area contributed by atoms with Crippen molar-refractivity contribution in [1.29, 1.82) is 0 Å². The molecule has 0 aliphatic heterocycles. The van der Waals surface area contributed by atoms with Gasteiger partial charge in [-0.1, -0.05) is 18.2 Å². The lowest BCUT2D eigenvalue weighted by Crippen LogP contribution is -2.12. The molecule has 1 aromatic carbocycles. The lowest BCUT2D eigenvalue weighted by molar-refractivity contribution is 0.1000. The maximum atomic E-state index is 11.1. The van der Waals surface area contributed by atoms with Crippen molar-refractivity contribution in [2.45, 2.75) is 0 Å². The van der Waals surface area contributed by atoms with Crippen molar-refractivity contribution in [2.24, 2.45) is 5.73 Å². The molecule has 0 saturated carbocycles. The van der Waals surface area contributed by atoms with E-state index >= 15 is 0 Å². The van der Waals surface area contributed by atoms with Gasteiger partial charge in [0.25, 0.3) is 0 Å². The highest BCUT2D eigenvalue weighted by Gasteiger charge is 2.07. The van der Waals surface area contributed by atoms with Gasteiger partial charge in [-0.3, -0.25) is 4.79 Å². The molecule has 15 heavy (non-hydrogen) atoms. The van der Waals surface area contributed by atoms with E-state index in [0.29, 0.717) is 16.9 Å². The first kappa shape index (κ1) is 11.3. The number of aliphatic hydroxyl groups is 1. The smallest absolute Gasteiger partial charge is 0.249 e. The highest BCUT2D eigenvalue weighted by Crippen LogP contribution is 2.18. The van der Waals surface area contributed by atoms with E-state index in [-0.39, 0.29) is 6.61 Å². The molecule has 0 saturated heterocycles. The first-order chi connectivity index (χ1) is 7.19. The Bertz CT molecular complexity index is 385. The largest absolute Gasteiger partial charge is 0.497 e. The third-order valence-electron chi connectivity index (χ3n) is 1.93. The van der Waals surface area contributed by atoms with Crippen molar-refractivity contribution in [3.05, 3.63) is 35.4 Å². The highest BCUT2D eigenvalue weighted by molar-refractivity contribution is 5.97. The Morgan fingerprint density at radius 1 is 1.60 bits per heavy atom. The number of primary amides is 1. The Morgan fingerprint density at radius 3 is 2.87 bits per heavy atom. The minimum absolute atomic E-state index is 0.0791. The van der Waals surface area contributed by atoms with Crippen molar-refractivity contribution in [1.82, 2.24) is 0 Å². The van der Waals surface area contributed by atoms with Crippen molar-refractivity contribution in [3.63, 3.8) is 0 Å². The van der Waals surface area contributed by atoms with E-state index in [4.69, 9.17) is 15.6 Å². The van der Waals surface area contributed by atoms with E-state index in [2.05, 4.69) is 0 Å². The molecule has 0 atom stereocenters. The predicted octanol–water partition coefficient (Wildman–Crippen LogP) is 0.800. The molecule has 0 bridgehead atoms. The van der Waals surface area contributed by atoms with Crippen LogP contribution in [0.15, 0.2) is 24.3 Å². The summed E-state index contributed by atoms with van der Waals surface area (Å²) >= 11 is 0. The molecule has 4 nitrogen and oxygen atoms in total. The number of hydrogen-bond donors (Lipinski definition) is 2. The number of carbonyl (C=O) groups is 1. The Hall–Kier alpha value is -1.81. The van der Waals surface area contributed by atoms with Crippen LogP contribution in [0.2, 0.25) is 0 Å². The maximum absolute atomic E-state index is 11.1. The Morgan fingerprint density at radius 2 is 2.33 bits per heavy atom. The van der Waals surface area contributed by atoms with Gasteiger partial charge in [0.05, 0.1) is 13.7 Å². The first-order valence-electron chi connectivity index (χ1n) is 4.44. The fourth-order valence-electron chi connectivity index (χ4n) is 1.20. The summed E-state index contributed by atoms with van der Waals surface area (Å²) in [4.78, 5) is 11.1. The van der Waals surface area contributed by atoms with Crippen LogP contribution in [0.4, 0.5) is 0 Å². The number of carbonyl (C=O) groups excluding carboxylic acids is 1. The van der Waals surface area contributed by atoms with E-state index < -0.39 is 5.91 Å². The van der Waals surface area contributed by atoms with Crippen molar-refractivity contribution in [2.75, 3.05) is 13.7 Å². The summed E-state index contributed by atoms with van der Waals surface area (Å²) in [5.74, 6) is 0.0523. The molecule has 0 spiro atoms. The van der Waals surface area contributed by atoms with Gasteiger partial charge in [0.2, 0.25) is 5.91 Å². The van der Waals surface area contributed by atoms with Crippen molar-refractivity contribution in [3.8, 4) is 5.75 Å². The van der Waals surface area contributed by atoms with Gasteiger partial charge in [0.1, 0.15) is 5.75 Å². The van der Waals surface area contributed by atoms with Crippen LogP contribution in [0.1, 0.15) is 15.9 Å². The van der Waals surface area contributed by atoms with Crippen LogP contribution in [0.3, 0.4) is 0 Å². The molecule has 0 aliphatic rings. The molecule has 0 aliphatic carbocycles. The lowest BCUT2D eigenvalue weighted by Gasteiger charge is -2.05. The number of benzene rings is 1. The SMILES string of the molecule is COc1ccc(C=CCO)c(C(N)=O)c1. The quantitative estimate of drug-likeness (QED) is 0.767. The normalized spacial score (nSPS) is 10.5. The molecule has 4 heteroatoms. The monoisotopic (exact) mass is 207 g/mol. The zero-order chi connectivity index (χ0) is 11.3. The minimum atomic E-state index is -0.522. The van der Waals surface area contributed by atoms with Crippen LogP contribution in [0, 0.1) is 0 Å². The van der Waals surface area contributed by atoms with E-state index in [9.17, 15) is 4.79 Å². The van der Waals surface area contributed by atoms with Gasteiger partial charge in [-0.15, -0.1) is 0 Å². The predicted molar refractivity (Wildman–Crippen MR) is 57.6 cm³/mol. The van der Waals surface area contributed by atoms with Gasteiger partial charge in [-0.25, -0.2) is 0 Å². The summed E-state index contributed by atoms with van der Waals surface area (Å²) in [5, 5.41) is 8.63. The molecule has 3 N–H and O–H groups in total. The number of methoxy groups -OCH3 is 1. The topological polar surface area (TPSA) is 72.6 Å². The zero-order valence-corrected chi connectivity index (χ0v) is 8.43. The molecule has 0 unspecified atom stereocenters. The summed E-state index contributed by atoms with van der Waals surface area (Å²) < 4.78 is 4.98. The molecule has 1 aromatic rings. The van der Waals surface area contributed by atoms with Gasteiger partial charge >= 0.3 is 0 Å². The summed E-state index contributed by atoms with van der Waals surface area (Å²) in [5.41, 5.74) is 6.26. The second-order valence-corrected chi connectivity index (χ2v) is 2.90. The number of nitrogens with two attached hydrogens (primary N) is 1. The summed E-state index contributed by atoms with van der Waals surface area (Å²) in [6.07, 6.45) is 3.17. The molecule has 1 amide bonds. The van der Waals surface area contributed by atoms with Gasteiger partial charge < -0.3 is 15.6 Å². The number of rotatable bonds is 4. The highest BCUT2D eigenvalue weighted by atomic mass is 16.5. The van der Waals surface area contributed by atoms with Crippen LogP contribution in [-0.2, 0) is 0 Å². The summed E-state index contributed by atoms with van der Waals surface area (Å²) in [6.45, 7) is -0.0791. The number of ether oxygens (including phenoxy) is 1. The molecular formula is C11H13NO3. The van der Waals surface area contributed by atoms with Gasteiger partial charge in [0, 0.05) is 5.56 Å². The molecule has 80 valence electrons. The van der Waals surface area contributed by atoms with Crippen LogP contribution >= 0.6 is 0 Å². The fraction of sp³-hybridized carbons (Fsp3) is 0.182. The summed E-state index contributed by atoms with van der Waals surface area (Å²) in [7, 11) is 1.52. The minimum Gasteiger partial charge on any atom is -0.497 e. The van der Waals surface area contributed by atoms with Crippen molar-refractivity contribution < 1.29 is 14.6 Å². The second kappa shape index (κ2) is 5.17. The van der Waals surface area contributed by atoms with Crippen LogP contribution < -0.4 is 10.5 Å². The number of hydrogen-bond acceptors (Lipinski definition) is 3. The zero-order valence-electron chi connectivity index (χ0n) is 8.43.